The van der Waals surface area contributed by atoms with Crippen LogP contribution in [0.5, 0.6) is 0 Å². The average Bonchev–Trinajstić information content (AvgIpc) is 2.49. The number of rotatable bonds is 3. The van der Waals surface area contributed by atoms with Crippen LogP contribution < -0.4 is 10.2 Å². The number of fused-ring (bicyclic) bond motifs is 1. The molecule has 116 valence electrons. The topological polar surface area (TPSA) is 31.4 Å². The normalized spacial score (nSPS) is 26.7. The highest BCUT2D eigenvalue weighted by molar-refractivity contribution is 5.42. The molecule has 1 aromatic rings. The molecule has 4 heteroatoms. The van der Waals surface area contributed by atoms with Crippen molar-refractivity contribution in [2.45, 2.75) is 38.8 Å². The molecule has 1 aromatic heterocycles. The monoisotopic (exact) mass is 288 g/mol. The van der Waals surface area contributed by atoms with Crippen LogP contribution in [-0.2, 0) is 6.54 Å². The molecule has 2 unspecified atom stereocenters. The summed E-state index contributed by atoms with van der Waals surface area (Å²) in [5, 5.41) is 3.21. The van der Waals surface area contributed by atoms with Gasteiger partial charge in [-0.05, 0) is 64.4 Å². The maximum absolute atomic E-state index is 4.84. The summed E-state index contributed by atoms with van der Waals surface area (Å²) in [4.78, 5) is 9.91. The summed E-state index contributed by atoms with van der Waals surface area (Å²) in [5.74, 6) is 1.98. The van der Waals surface area contributed by atoms with Gasteiger partial charge in [-0.15, -0.1) is 0 Å². The maximum atomic E-state index is 4.84. The first-order valence-electron chi connectivity index (χ1n) is 8.25. The summed E-state index contributed by atoms with van der Waals surface area (Å²) in [6.45, 7) is 6.61. The van der Waals surface area contributed by atoms with Gasteiger partial charge in [0.2, 0.25) is 0 Å². The molecule has 3 rings (SSSR count). The van der Waals surface area contributed by atoms with Gasteiger partial charge in [-0.25, -0.2) is 4.98 Å². The number of aryl methyl sites for hydroxylation is 1. The van der Waals surface area contributed by atoms with E-state index >= 15 is 0 Å². The molecule has 1 N–H and O–H groups in total. The van der Waals surface area contributed by atoms with Crippen LogP contribution in [0.15, 0.2) is 12.1 Å². The van der Waals surface area contributed by atoms with Crippen molar-refractivity contribution in [3.8, 4) is 0 Å². The van der Waals surface area contributed by atoms with E-state index in [2.05, 4.69) is 41.2 Å². The molecule has 0 radical (unpaired) electrons. The Kier molecular flexibility index (Phi) is 4.45. The van der Waals surface area contributed by atoms with Crippen molar-refractivity contribution in [3.63, 3.8) is 0 Å². The number of aromatic nitrogens is 1. The third-order valence-electron chi connectivity index (χ3n) is 5.22. The van der Waals surface area contributed by atoms with Gasteiger partial charge in [-0.3, -0.25) is 0 Å². The lowest BCUT2D eigenvalue weighted by Gasteiger charge is -2.46. The van der Waals surface area contributed by atoms with E-state index in [1.165, 1.54) is 43.7 Å². The fourth-order valence-electron chi connectivity index (χ4n) is 3.99. The van der Waals surface area contributed by atoms with E-state index < -0.39 is 0 Å². The molecule has 21 heavy (non-hydrogen) atoms. The Balaban J connectivity index is 1.72. The maximum Gasteiger partial charge on any atom is 0.128 e. The molecule has 0 amide bonds. The SMILES string of the molecule is CNCc1ccc(N2CCC3C(CCCN3C)C2)nc1C. The first-order valence-corrected chi connectivity index (χ1v) is 8.25. The highest BCUT2D eigenvalue weighted by Gasteiger charge is 2.34. The Morgan fingerprint density at radius 3 is 2.90 bits per heavy atom. The summed E-state index contributed by atoms with van der Waals surface area (Å²) < 4.78 is 0. The van der Waals surface area contributed by atoms with Crippen LogP contribution in [0.3, 0.4) is 0 Å². The molecule has 2 fully saturated rings. The standard InChI is InChI=1S/C17H28N4/c1-13-14(11-18-2)6-7-17(19-13)21-10-8-16-15(12-21)5-4-9-20(16)3/h6-7,15-16,18H,4-5,8-12H2,1-3H3. The Hall–Kier alpha value is -1.13. The smallest absolute Gasteiger partial charge is 0.128 e. The number of hydrogen-bond donors (Lipinski definition) is 1. The predicted molar refractivity (Wildman–Crippen MR) is 87.7 cm³/mol. The van der Waals surface area contributed by atoms with Gasteiger partial charge < -0.3 is 15.1 Å². The highest BCUT2D eigenvalue weighted by Crippen LogP contribution is 2.31. The van der Waals surface area contributed by atoms with E-state index in [9.17, 15) is 0 Å². The molecule has 0 bridgehead atoms. The molecule has 0 saturated carbocycles. The largest absolute Gasteiger partial charge is 0.356 e. The Morgan fingerprint density at radius 2 is 2.14 bits per heavy atom. The summed E-state index contributed by atoms with van der Waals surface area (Å²) in [7, 11) is 4.28. The number of nitrogens with one attached hydrogen (secondary N) is 1. The second kappa shape index (κ2) is 6.32. The van der Waals surface area contributed by atoms with Crippen LogP contribution in [0.25, 0.3) is 0 Å². The van der Waals surface area contributed by atoms with E-state index in [-0.39, 0.29) is 0 Å². The Bertz CT molecular complexity index is 488. The Labute approximate surface area is 128 Å². The van der Waals surface area contributed by atoms with Crippen LogP contribution in [0, 0.1) is 12.8 Å². The van der Waals surface area contributed by atoms with Gasteiger partial charge in [0.05, 0.1) is 0 Å². The van der Waals surface area contributed by atoms with Crippen LogP contribution >= 0.6 is 0 Å². The number of likely N-dealkylation sites (tertiary alicyclic amines) is 1. The molecular formula is C17H28N4. The molecule has 0 aromatic carbocycles. The minimum atomic E-state index is 0.791. The van der Waals surface area contributed by atoms with Gasteiger partial charge in [0.25, 0.3) is 0 Å². The lowest BCUT2D eigenvalue weighted by atomic mass is 9.84. The molecule has 2 aliphatic heterocycles. The van der Waals surface area contributed by atoms with Crippen LogP contribution in [0.1, 0.15) is 30.5 Å². The summed E-state index contributed by atoms with van der Waals surface area (Å²) in [6.07, 6.45) is 4.00. The minimum Gasteiger partial charge on any atom is -0.356 e. The zero-order valence-electron chi connectivity index (χ0n) is 13.6. The fraction of sp³-hybridized carbons (Fsp3) is 0.706. The van der Waals surface area contributed by atoms with Crippen LogP contribution in [-0.4, -0.2) is 49.7 Å². The first-order chi connectivity index (χ1) is 10.2. The van der Waals surface area contributed by atoms with Gasteiger partial charge in [0.1, 0.15) is 5.82 Å². The van der Waals surface area contributed by atoms with Crippen molar-refractivity contribution < 1.29 is 0 Å². The number of anilines is 1. The molecule has 0 aliphatic carbocycles. The lowest BCUT2D eigenvalue weighted by Crippen LogP contribution is -2.52. The average molecular weight is 288 g/mol. The quantitative estimate of drug-likeness (QED) is 0.922. The molecule has 4 nitrogen and oxygen atoms in total. The zero-order valence-corrected chi connectivity index (χ0v) is 13.6. The summed E-state index contributed by atoms with van der Waals surface area (Å²) in [6, 6.07) is 5.22. The lowest BCUT2D eigenvalue weighted by molar-refractivity contribution is 0.102. The van der Waals surface area contributed by atoms with Crippen LogP contribution in [0.4, 0.5) is 5.82 Å². The van der Waals surface area contributed by atoms with E-state index in [1.807, 2.05) is 7.05 Å². The van der Waals surface area contributed by atoms with E-state index in [0.717, 1.165) is 30.7 Å². The second-order valence-electron chi connectivity index (χ2n) is 6.63. The molecular weight excluding hydrogens is 260 g/mol. The number of nitrogens with zero attached hydrogens (tertiary/aromatic N) is 3. The van der Waals surface area contributed by atoms with E-state index in [4.69, 9.17) is 4.98 Å². The third-order valence-corrected chi connectivity index (χ3v) is 5.22. The molecule has 0 spiro atoms. The van der Waals surface area contributed by atoms with Crippen molar-refractivity contribution in [2.24, 2.45) is 5.92 Å². The van der Waals surface area contributed by atoms with E-state index in [0.29, 0.717) is 0 Å². The second-order valence-corrected chi connectivity index (χ2v) is 6.63. The highest BCUT2D eigenvalue weighted by atomic mass is 15.2. The number of pyridine rings is 1. The van der Waals surface area contributed by atoms with Crippen molar-refractivity contribution in [1.29, 1.82) is 0 Å². The third kappa shape index (κ3) is 3.06. The van der Waals surface area contributed by atoms with E-state index in [1.54, 1.807) is 0 Å². The molecule has 3 heterocycles. The molecule has 2 saturated heterocycles. The summed E-state index contributed by atoms with van der Waals surface area (Å²) in [5.41, 5.74) is 2.46. The number of piperidine rings is 2. The first kappa shape index (κ1) is 14.8. The van der Waals surface area contributed by atoms with Gasteiger partial charge >= 0.3 is 0 Å². The van der Waals surface area contributed by atoms with Gasteiger partial charge in [-0.2, -0.15) is 0 Å². The van der Waals surface area contributed by atoms with Crippen molar-refractivity contribution in [3.05, 3.63) is 23.4 Å². The van der Waals surface area contributed by atoms with Gasteiger partial charge in [0, 0.05) is 31.4 Å². The van der Waals surface area contributed by atoms with Gasteiger partial charge in [-0.1, -0.05) is 6.07 Å². The molecule has 2 atom stereocenters. The van der Waals surface area contributed by atoms with Crippen molar-refractivity contribution in [1.82, 2.24) is 15.2 Å². The summed E-state index contributed by atoms with van der Waals surface area (Å²) >= 11 is 0. The predicted octanol–water partition coefficient (Wildman–Crippen LogP) is 2.03. The van der Waals surface area contributed by atoms with Crippen molar-refractivity contribution >= 4 is 5.82 Å². The molecule has 2 aliphatic rings. The minimum absolute atomic E-state index is 0.791. The zero-order chi connectivity index (χ0) is 14.8. The van der Waals surface area contributed by atoms with Gasteiger partial charge in [0.15, 0.2) is 0 Å². The van der Waals surface area contributed by atoms with Crippen molar-refractivity contribution in [2.75, 3.05) is 38.6 Å². The number of hydrogen-bond acceptors (Lipinski definition) is 4. The van der Waals surface area contributed by atoms with Crippen LogP contribution in [0.2, 0.25) is 0 Å². The Morgan fingerprint density at radius 1 is 1.29 bits per heavy atom. The fourth-order valence-corrected chi connectivity index (χ4v) is 3.99.